The number of aliphatic hydroxyl groups excluding tert-OH is 1. The molecule has 0 aromatic heterocycles. The zero-order valence-corrected chi connectivity index (χ0v) is 15.1. The van der Waals surface area contributed by atoms with E-state index in [4.69, 9.17) is 5.11 Å². The minimum absolute atomic E-state index is 0.00187. The molecule has 5 nitrogen and oxygen atoms in total. The largest absolute Gasteiger partial charge is 0.395 e. The number of hydrogen-bond donors (Lipinski definition) is 2. The Hall–Kier alpha value is -1.59. The summed E-state index contributed by atoms with van der Waals surface area (Å²) in [4.78, 5) is 16.5. The molecule has 5 heteroatoms. The summed E-state index contributed by atoms with van der Waals surface area (Å²) in [7, 11) is 0. The Morgan fingerprint density at radius 1 is 1.25 bits per heavy atom. The fourth-order valence-corrected chi connectivity index (χ4v) is 3.69. The number of likely N-dealkylation sites (tertiary alicyclic amines) is 1. The third-order valence-electron chi connectivity index (χ3n) is 4.90. The number of rotatable bonds is 6. The van der Waals surface area contributed by atoms with Crippen LogP contribution in [0.2, 0.25) is 0 Å². The van der Waals surface area contributed by atoms with Gasteiger partial charge in [-0.25, -0.2) is 4.79 Å². The number of hydrogen-bond acceptors (Lipinski definition) is 3. The van der Waals surface area contributed by atoms with Gasteiger partial charge in [0.1, 0.15) is 0 Å². The lowest BCUT2D eigenvalue weighted by molar-refractivity contribution is 0.0925. The molecule has 1 aromatic carbocycles. The van der Waals surface area contributed by atoms with Gasteiger partial charge in [-0.15, -0.1) is 0 Å². The van der Waals surface area contributed by atoms with Gasteiger partial charge in [-0.1, -0.05) is 44.2 Å². The Morgan fingerprint density at radius 2 is 1.88 bits per heavy atom. The lowest BCUT2D eigenvalue weighted by atomic mass is 9.85. The number of nitrogens with zero attached hydrogens (tertiary/aromatic N) is 2. The van der Waals surface area contributed by atoms with Crippen molar-refractivity contribution >= 4 is 6.03 Å². The predicted octanol–water partition coefficient (Wildman–Crippen LogP) is 2.17. The number of piperidine rings is 1. The van der Waals surface area contributed by atoms with Gasteiger partial charge in [-0.2, -0.15) is 0 Å². The fourth-order valence-electron chi connectivity index (χ4n) is 3.69. The zero-order chi connectivity index (χ0) is 17.5. The van der Waals surface area contributed by atoms with E-state index >= 15 is 0 Å². The number of urea groups is 1. The van der Waals surface area contributed by atoms with Crippen molar-refractivity contribution in [1.29, 1.82) is 0 Å². The molecule has 2 N–H and O–H groups in total. The van der Waals surface area contributed by atoms with E-state index in [0.29, 0.717) is 24.9 Å². The maximum absolute atomic E-state index is 12.4. The molecular formula is C19H31N3O2. The first kappa shape index (κ1) is 18.7. The number of nitrogens with one attached hydrogen (secondary N) is 1. The van der Waals surface area contributed by atoms with Crippen molar-refractivity contribution in [3.05, 3.63) is 35.9 Å². The first-order valence-electron chi connectivity index (χ1n) is 8.97. The summed E-state index contributed by atoms with van der Waals surface area (Å²) < 4.78 is 0. The van der Waals surface area contributed by atoms with Gasteiger partial charge in [0.25, 0.3) is 0 Å². The quantitative estimate of drug-likeness (QED) is 0.839. The molecule has 1 aliphatic rings. The normalized spacial score (nSPS) is 24.6. The van der Waals surface area contributed by atoms with Crippen LogP contribution in [0.5, 0.6) is 0 Å². The van der Waals surface area contributed by atoms with Gasteiger partial charge < -0.3 is 15.3 Å². The van der Waals surface area contributed by atoms with Gasteiger partial charge in [-0.05, 0) is 24.3 Å². The van der Waals surface area contributed by atoms with Crippen LogP contribution in [0.4, 0.5) is 4.79 Å². The summed E-state index contributed by atoms with van der Waals surface area (Å²) in [6, 6.07) is 10.6. The van der Waals surface area contributed by atoms with Crippen molar-refractivity contribution in [3.63, 3.8) is 0 Å². The van der Waals surface area contributed by atoms with Crippen LogP contribution in [0, 0.1) is 11.8 Å². The molecule has 2 atom stereocenters. The van der Waals surface area contributed by atoms with Crippen molar-refractivity contribution < 1.29 is 9.90 Å². The highest BCUT2D eigenvalue weighted by atomic mass is 16.3. The van der Waals surface area contributed by atoms with Crippen LogP contribution < -0.4 is 5.32 Å². The molecule has 1 aromatic rings. The molecule has 0 radical (unpaired) electrons. The summed E-state index contributed by atoms with van der Waals surface area (Å²) in [5, 5.41) is 12.3. The minimum Gasteiger partial charge on any atom is -0.395 e. The molecule has 2 rings (SSSR count). The Labute approximate surface area is 145 Å². The number of likely N-dealkylation sites (N-methyl/N-ethyl adjacent to an activating group) is 1. The zero-order valence-electron chi connectivity index (χ0n) is 15.1. The topological polar surface area (TPSA) is 55.8 Å². The molecule has 1 fully saturated rings. The second kappa shape index (κ2) is 9.04. The van der Waals surface area contributed by atoms with Crippen LogP contribution in [-0.2, 0) is 6.54 Å². The van der Waals surface area contributed by atoms with E-state index < -0.39 is 0 Å². The Kier molecular flexibility index (Phi) is 7.06. The molecule has 24 heavy (non-hydrogen) atoms. The molecule has 2 amide bonds. The van der Waals surface area contributed by atoms with E-state index in [-0.39, 0.29) is 18.7 Å². The van der Waals surface area contributed by atoms with Gasteiger partial charge in [0.15, 0.2) is 0 Å². The average Bonchev–Trinajstić information content (AvgIpc) is 2.56. The van der Waals surface area contributed by atoms with Crippen LogP contribution in [0.3, 0.4) is 0 Å². The van der Waals surface area contributed by atoms with Crippen LogP contribution in [0.15, 0.2) is 30.3 Å². The van der Waals surface area contributed by atoms with Crippen molar-refractivity contribution in [2.45, 2.75) is 33.4 Å². The Balaban J connectivity index is 1.92. The van der Waals surface area contributed by atoms with Crippen molar-refractivity contribution in [1.82, 2.24) is 15.1 Å². The second-order valence-corrected chi connectivity index (χ2v) is 6.91. The maximum Gasteiger partial charge on any atom is 0.317 e. The van der Waals surface area contributed by atoms with Crippen LogP contribution in [0.1, 0.15) is 26.3 Å². The summed E-state index contributed by atoms with van der Waals surface area (Å²) in [6.07, 6.45) is 0. The Morgan fingerprint density at radius 3 is 2.42 bits per heavy atom. The molecule has 1 heterocycles. The highest BCUT2D eigenvalue weighted by Gasteiger charge is 2.33. The molecule has 1 aliphatic heterocycles. The number of carbonyl (C=O) groups excluding carboxylic acids is 1. The lowest BCUT2D eigenvalue weighted by Crippen LogP contribution is -2.57. The maximum atomic E-state index is 12.4. The average molecular weight is 333 g/mol. The summed E-state index contributed by atoms with van der Waals surface area (Å²) in [5.41, 5.74) is 1.33. The van der Waals surface area contributed by atoms with Gasteiger partial charge >= 0.3 is 6.03 Å². The van der Waals surface area contributed by atoms with Crippen molar-refractivity contribution in [3.8, 4) is 0 Å². The van der Waals surface area contributed by atoms with E-state index in [0.717, 1.165) is 19.6 Å². The first-order valence-corrected chi connectivity index (χ1v) is 8.97. The van der Waals surface area contributed by atoms with Crippen LogP contribution in [-0.4, -0.2) is 59.8 Å². The fraction of sp³-hybridized carbons (Fsp3) is 0.632. The van der Waals surface area contributed by atoms with Gasteiger partial charge in [0.05, 0.1) is 6.61 Å². The number of benzene rings is 1. The van der Waals surface area contributed by atoms with E-state index in [1.165, 1.54) is 5.56 Å². The molecule has 0 saturated carbocycles. The second-order valence-electron chi connectivity index (χ2n) is 6.91. The number of aliphatic hydroxyl groups is 1. The molecule has 2 unspecified atom stereocenters. The summed E-state index contributed by atoms with van der Waals surface area (Å²) in [6.45, 7) is 10.3. The Bertz CT molecular complexity index is 497. The summed E-state index contributed by atoms with van der Waals surface area (Å²) >= 11 is 0. The SMILES string of the molecule is CCN(CCO)C(=O)NC1C(C)CN(Cc2ccccc2)CC1C. The van der Waals surface area contributed by atoms with Crippen LogP contribution in [0.25, 0.3) is 0 Å². The van der Waals surface area contributed by atoms with Crippen LogP contribution >= 0.6 is 0 Å². The van der Waals surface area contributed by atoms with Gasteiger partial charge in [0.2, 0.25) is 0 Å². The number of carbonyl (C=O) groups is 1. The molecule has 0 aliphatic carbocycles. The molecule has 1 saturated heterocycles. The molecule has 134 valence electrons. The highest BCUT2D eigenvalue weighted by molar-refractivity contribution is 5.74. The minimum atomic E-state index is -0.0632. The molecule has 0 spiro atoms. The van der Waals surface area contributed by atoms with E-state index in [1.807, 2.05) is 13.0 Å². The van der Waals surface area contributed by atoms with E-state index in [9.17, 15) is 4.79 Å². The lowest BCUT2D eigenvalue weighted by Gasteiger charge is -2.42. The monoisotopic (exact) mass is 333 g/mol. The van der Waals surface area contributed by atoms with Crippen molar-refractivity contribution in [2.75, 3.05) is 32.8 Å². The third-order valence-corrected chi connectivity index (χ3v) is 4.90. The van der Waals surface area contributed by atoms with E-state index in [1.54, 1.807) is 4.90 Å². The smallest absolute Gasteiger partial charge is 0.317 e. The summed E-state index contributed by atoms with van der Waals surface area (Å²) in [5.74, 6) is 0.795. The molecule has 0 bridgehead atoms. The molecular weight excluding hydrogens is 302 g/mol. The predicted molar refractivity (Wildman–Crippen MR) is 96.7 cm³/mol. The highest BCUT2D eigenvalue weighted by Crippen LogP contribution is 2.23. The third kappa shape index (κ3) is 4.95. The van der Waals surface area contributed by atoms with Gasteiger partial charge in [0, 0.05) is 38.8 Å². The van der Waals surface area contributed by atoms with Gasteiger partial charge in [-0.3, -0.25) is 4.90 Å². The van der Waals surface area contributed by atoms with E-state index in [2.05, 4.69) is 48.3 Å². The standard InChI is InChI=1S/C19H31N3O2/c1-4-22(10-11-23)19(24)20-18-15(2)12-21(13-16(18)3)14-17-8-6-5-7-9-17/h5-9,15-16,18,23H,4,10-14H2,1-3H3,(H,20,24). The first-order chi connectivity index (χ1) is 11.5. The number of amides is 2. The van der Waals surface area contributed by atoms with Crippen molar-refractivity contribution in [2.24, 2.45) is 11.8 Å².